The van der Waals surface area contributed by atoms with Gasteiger partial charge in [0.05, 0.1) is 0 Å². The molecule has 1 N–H and O–H groups in total. The van der Waals surface area contributed by atoms with Gasteiger partial charge in [0.25, 0.3) is 0 Å². The van der Waals surface area contributed by atoms with E-state index in [9.17, 15) is 4.39 Å². The molecule has 0 aliphatic heterocycles. The highest BCUT2D eigenvalue weighted by Crippen LogP contribution is 2.39. The maximum absolute atomic E-state index is 14.2. The molecule has 1 aliphatic rings. The molecule has 112 valence electrons. The van der Waals surface area contributed by atoms with Gasteiger partial charge in [-0.1, -0.05) is 50.8 Å². The van der Waals surface area contributed by atoms with Crippen LogP contribution in [-0.2, 0) is 0 Å². The molecule has 2 rings (SSSR count). The number of hydrogen-bond acceptors (Lipinski definition) is 1. The first-order valence-corrected chi connectivity index (χ1v) is 8.15. The Bertz CT molecular complexity index is 429. The van der Waals surface area contributed by atoms with Crippen molar-refractivity contribution in [2.45, 2.75) is 58.9 Å². The molecule has 0 heterocycles. The van der Waals surface area contributed by atoms with Crippen LogP contribution in [0.3, 0.4) is 0 Å². The molecule has 0 amide bonds. The van der Waals surface area contributed by atoms with Crippen molar-refractivity contribution in [3.8, 4) is 0 Å². The Hall–Kier alpha value is -0.890. The van der Waals surface area contributed by atoms with Gasteiger partial charge < -0.3 is 5.32 Å². The van der Waals surface area contributed by atoms with Crippen LogP contribution in [0.4, 0.5) is 4.39 Å². The number of halogens is 1. The lowest BCUT2D eigenvalue weighted by molar-refractivity contribution is 0.208. The van der Waals surface area contributed by atoms with Gasteiger partial charge in [0.1, 0.15) is 5.82 Å². The summed E-state index contributed by atoms with van der Waals surface area (Å²) in [6.07, 6.45) is 6.36. The Morgan fingerprint density at radius 1 is 1.30 bits per heavy atom. The predicted octanol–water partition coefficient (Wildman–Crippen LogP) is 5.00. The monoisotopic (exact) mass is 277 g/mol. The molecule has 1 nitrogen and oxygen atoms in total. The van der Waals surface area contributed by atoms with Crippen LogP contribution in [0, 0.1) is 24.6 Å². The highest BCUT2D eigenvalue weighted by molar-refractivity contribution is 5.27. The van der Waals surface area contributed by atoms with Crippen LogP contribution < -0.4 is 5.32 Å². The molecule has 1 saturated carbocycles. The second kappa shape index (κ2) is 7.21. The van der Waals surface area contributed by atoms with Crippen LogP contribution in [0.15, 0.2) is 18.2 Å². The maximum Gasteiger partial charge on any atom is 0.128 e. The Morgan fingerprint density at radius 3 is 2.80 bits per heavy atom. The van der Waals surface area contributed by atoms with E-state index in [1.54, 1.807) is 6.07 Å². The van der Waals surface area contributed by atoms with Gasteiger partial charge in [-0.15, -0.1) is 0 Å². The quantitative estimate of drug-likeness (QED) is 0.798. The van der Waals surface area contributed by atoms with Crippen molar-refractivity contribution in [2.24, 2.45) is 11.8 Å². The second-order valence-corrected chi connectivity index (χ2v) is 6.26. The third-order valence-corrected chi connectivity index (χ3v) is 4.78. The van der Waals surface area contributed by atoms with E-state index in [-0.39, 0.29) is 11.9 Å². The third-order valence-electron chi connectivity index (χ3n) is 4.78. The minimum Gasteiger partial charge on any atom is -0.310 e. The molecule has 0 aromatic heterocycles. The molecule has 3 unspecified atom stereocenters. The zero-order chi connectivity index (χ0) is 14.5. The highest BCUT2D eigenvalue weighted by Gasteiger charge is 2.29. The van der Waals surface area contributed by atoms with E-state index in [2.05, 4.69) is 19.2 Å². The second-order valence-electron chi connectivity index (χ2n) is 6.26. The molecule has 1 aliphatic carbocycles. The fourth-order valence-corrected chi connectivity index (χ4v) is 3.66. The first kappa shape index (κ1) is 15.5. The van der Waals surface area contributed by atoms with Crippen molar-refractivity contribution in [3.63, 3.8) is 0 Å². The molecule has 2 heteroatoms. The normalized spacial score (nSPS) is 24.6. The molecule has 0 bridgehead atoms. The number of hydrogen-bond donors (Lipinski definition) is 1. The lowest BCUT2D eigenvalue weighted by Gasteiger charge is -2.35. The van der Waals surface area contributed by atoms with Gasteiger partial charge in [-0.25, -0.2) is 4.39 Å². The van der Waals surface area contributed by atoms with E-state index in [1.165, 1.54) is 32.1 Å². The fraction of sp³-hybridized carbons (Fsp3) is 0.667. The Labute approximate surface area is 123 Å². The average molecular weight is 277 g/mol. The zero-order valence-electron chi connectivity index (χ0n) is 13.1. The molecule has 0 saturated heterocycles. The van der Waals surface area contributed by atoms with Crippen molar-refractivity contribution >= 4 is 0 Å². The molecule has 0 radical (unpaired) electrons. The van der Waals surface area contributed by atoms with Gasteiger partial charge in [-0.2, -0.15) is 0 Å². The van der Waals surface area contributed by atoms with Crippen molar-refractivity contribution in [1.82, 2.24) is 5.32 Å². The summed E-state index contributed by atoms with van der Waals surface area (Å²) in [6, 6.07) is 5.68. The van der Waals surface area contributed by atoms with Gasteiger partial charge in [0.15, 0.2) is 0 Å². The van der Waals surface area contributed by atoms with Crippen molar-refractivity contribution < 1.29 is 4.39 Å². The van der Waals surface area contributed by atoms with E-state index < -0.39 is 0 Å². The fourth-order valence-electron chi connectivity index (χ4n) is 3.66. The summed E-state index contributed by atoms with van der Waals surface area (Å²) in [5, 5.41) is 3.54. The van der Waals surface area contributed by atoms with Crippen LogP contribution >= 0.6 is 0 Å². The number of rotatable bonds is 5. The third kappa shape index (κ3) is 3.60. The summed E-state index contributed by atoms with van der Waals surface area (Å²) in [4.78, 5) is 0. The average Bonchev–Trinajstić information content (AvgIpc) is 2.47. The Morgan fingerprint density at radius 2 is 2.10 bits per heavy atom. The van der Waals surface area contributed by atoms with Crippen LogP contribution in [0.5, 0.6) is 0 Å². The van der Waals surface area contributed by atoms with Gasteiger partial charge in [0, 0.05) is 11.6 Å². The van der Waals surface area contributed by atoms with E-state index >= 15 is 0 Å². The Balaban J connectivity index is 2.23. The molecule has 20 heavy (non-hydrogen) atoms. The van der Waals surface area contributed by atoms with Gasteiger partial charge in [-0.05, 0) is 44.2 Å². The summed E-state index contributed by atoms with van der Waals surface area (Å²) in [5.74, 6) is 1.34. The minimum absolute atomic E-state index is 0.0554. The SMILES string of the molecule is CCNC(c1cc(C)ccc1F)C1CCCC(CC)C1. The zero-order valence-corrected chi connectivity index (χ0v) is 13.1. The number of benzene rings is 1. The summed E-state index contributed by atoms with van der Waals surface area (Å²) >= 11 is 0. The van der Waals surface area contributed by atoms with Gasteiger partial charge >= 0.3 is 0 Å². The van der Waals surface area contributed by atoms with E-state index in [0.29, 0.717) is 5.92 Å². The van der Waals surface area contributed by atoms with Gasteiger partial charge in [0.2, 0.25) is 0 Å². The Kier molecular flexibility index (Phi) is 5.59. The molecular formula is C18H28FN. The molecule has 1 aromatic carbocycles. The van der Waals surface area contributed by atoms with Crippen molar-refractivity contribution in [2.75, 3.05) is 6.54 Å². The van der Waals surface area contributed by atoms with Crippen LogP contribution in [0.25, 0.3) is 0 Å². The lowest BCUT2D eigenvalue weighted by Crippen LogP contribution is -2.32. The van der Waals surface area contributed by atoms with E-state index in [0.717, 1.165) is 23.6 Å². The smallest absolute Gasteiger partial charge is 0.128 e. The lowest BCUT2D eigenvalue weighted by atomic mass is 9.75. The maximum atomic E-state index is 14.2. The van der Waals surface area contributed by atoms with E-state index in [4.69, 9.17) is 0 Å². The summed E-state index contributed by atoms with van der Waals surface area (Å²) in [5.41, 5.74) is 2.01. The molecule has 1 aromatic rings. The first-order valence-electron chi connectivity index (χ1n) is 8.15. The van der Waals surface area contributed by atoms with Crippen LogP contribution in [0.1, 0.15) is 63.1 Å². The van der Waals surface area contributed by atoms with Crippen LogP contribution in [0.2, 0.25) is 0 Å². The number of aryl methyl sites for hydroxylation is 1. The minimum atomic E-state index is -0.0554. The molecule has 0 spiro atoms. The molecular weight excluding hydrogens is 249 g/mol. The molecule has 1 fully saturated rings. The van der Waals surface area contributed by atoms with Crippen molar-refractivity contribution in [1.29, 1.82) is 0 Å². The van der Waals surface area contributed by atoms with Crippen LogP contribution in [-0.4, -0.2) is 6.54 Å². The van der Waals surface area contributed by atoms with Crippen molar-refractivity contribution in [3.05, 3.63) is 35.1 Å². The van der Waals surface area contributed by atoms with Gasteiger partial charge in [-0.3, -0.25) is 0 Å². The van der Waals surface area contributed by atoms with E-state index in [1.807, 2.05) is 19.1 Å². The standard InChI is InChI=1S/C18H28FN/c1-4-14-7-6-8-15(12-14)18(20-5-2)16-11-13(3)9-10-17(16)19/h9-11,14-15,18,20H,4-8,12H2,1-3H3. The first-order chi connectivity index (χ1) is 9.65. The highest BCUT2D eigenvalue weighted by atomic mass is 19.1. The topological polar surface area (TPSA) is 12.0 Å². The number of nitrogens with one attached hydrogen (secondary N) is 1. The largest absolute Gasteiger partial charge is 0.310 e. The summed E-state index contributed by atoms with van der Waals surface area (Å²) in [6.45, 7) is 7.33. The summed E-state index contributed by atoms with van der Waals surface area (Å²) < 4.78 is 14.2. The molecule has 3 atom stereocenters. The summed E-state index contributed by atoms with van der Waals surface area (Å²) in [7, 11) is 0. The predicted molar refractivity (Wildman–Crippen MR) is 83.3 cm³/mol.